The number of ether oxygens (including phenoxy) is 2. The van der Waals surface area contributed by atoms with E-state index in [4.69, 9.17) is 9.47 Å². The van der Waals surface area contributed by atoms with E-state index in [2.05, 4.69) is 43.2 Å². The molecule has 1 N–H and O–H groups in total. The number of hydrogen-bond acceptors (Lipinski definition) is 4. The van der Waals surface area contributed by atoms with Crippen molar-refractivity contribution in [2.24, 2.45) is 0 Å². The topological polar surface area (TPSA) is 33.7 Å². The van der Waals surface area contributed by atoms with Crippen molar-refractivity contribution in [3.63, 3.8) is 0 Å². The van der Waals surface area contributed by atoms with Crippen molar-refractivity contribution in [2.45, 2.75) is 19.9 Å². The van der Waals surface area contributed by atoms with E-state index in [0.717, 1.165) is 32.1 Å². The van der Waals surface area contributed by atoms with Gasteiger partial charge in [0.1, 0.15) is 5.75 Å². The van der Waals surface area contributed by atoms with Crippen LogP contribution in [-0.2, 0) is 4.74 Å². The van der Waals surface area contributed by atoms with Gasteiger partial charge in [0.05, 0.1) is 20.3 Å². The number of rotatable bonds is 4. The molecule has 1 unspecified atom stereocenters. The molecule has 1 aromatic rings. The molecule has 1 saturated heterocycles. The molecule has 0 aromatic heterocycles. The van der Waals surface area contributed by atoms with Gasteiger partial charge in [-0.3, -0.25) is 0 Å². The maximum atomic E-state index is 5.49. The second kappa shape index (κ2) is 6.26. The Hall–Kier alpha value is -1.26. The summed E-state index contributed by atoms with van der Waals surface area (Å²) in [4.78, 5) is 2.27. The molecule has 0 radical (unpaired) electrons. The molecule has 0 aliphatic carbocycles. The van der Waals surface area contributed by atoms with Gasteiger partial charge in [0.25, 0.3) is 0 Å². The van der Waals surface area contributed by atoms with E-state index in [9.17, 15) is 0 Å². The van der Waals surface area contributed by atoms with Crippen LogP contribution >= 0.6 is 0 Å². The summed E-state index contributed by atoms with van der Waals surface area (Å²) in [6.45, 7) is 7.68. The average Bonchev–Trinajstić information content (AvgIpc) is 2.39. The third-order valence-corrected chi connectivity index (χ3v) is 3.58. The first kappa shape index (κ1) is 14.2. The van der Waals surface area contributed by atoms with Crippen LogP contribution in [0.3, 0.4) is 0 Å². The molecular formula is C15H24N2O2. The second-order valence-electron chi connectivity index (χ2n) is 5.22. The fraction of sp³-hybridized carbons (Fsp3) is 0.600. The molecule has 4 nitrogen and oxygen atoms in total. The van der Waals surface area contributed by atoms with Crippen LogP contribution in [-0.4, -0.2) is 46.5 Å². The standard InChI is InChI=1S/C15H24N2O2/c1-11-7-14(8-12(2)15(11)18-4)17(3)9-13-10-19-6-5-16-13/h7-8,13,16H,5-6,9-10H2,1-4H3. The van der Waals surface area contributed by atoms with Crippen LogP contribution in [0.25, 0.3) is 0 Å². The van der Waals surface area contributed by atoms with Crippen LogP contribution in [0.15, 0.2) is 12.1 Å². The first-order chi connectivity index (χ1) is 9.11. The van der Waals surface area contributed by atoms with E-state index in [1.54, 1.807) is 7.11 Å². The SMILES string of the molecule is COc1c(C)cc(N(C)CC2COCCN2)cc1C. The minimum absolute atomic E-state index is 0.404. The molecule has 1 aliphatic heterocycles. The van der Waals surface area contributed by atoms with Crippen LogP contribution in [0.1, 0.15) is 11.1 Å². The van der Waals surface area contributed by atoms with Gasteiger partial charge in [-0.05, 0) is 37.1 Å². The zero-order chi connectivity index (χ0) is 13.8. The molecule has 19 heavy (non-hydrogen) atoms. The molecule has 0 spiro atoms. The molecule has 1 atom stereocenters. The Morgan fingerprint density at radius 1 is 1.37 bits per heavy atom. The summed E-state index contributed by atoms with van der Waals surface area (Å²) in [5.74, 6) is 0.983. The van der Waals surface area contributed by atoms with Crippen molar-refractivity contribution >= 4 is 5.69 Å². The third kappa shape index (κ3) is 3.39. The number of anilines is 1. The normalized spacial score (nSPS) is 19.3. The van der Waals surface area contributed by atoms with E-state index >= 15 is 0 Å². The Morgan fingerprint density at radius 2 is 2.05 bits per heavy atom. The minimum atomic E-state index is 0.404. The monoisotopic (exact) mass is 264 g/mol. The van der Waals surface area contributed by atoms with Gasteiger partial charge in [0, 0.05) is 31.9 Å². The zero-order valence-electron chi connectivity index (χ0n) is 12.3. The van der Waals surface area contributed by atoms with E-state index in [1.165, 1.54) is 16.8 Å². The maximum absolute atomic E-state index is 5.49. The van der Waals surface area contributed by atoms with Crippen LogP contribution in [0, 0.1) is 13.8 Å². The van der Waals surface area contributed by atoms with Gasteiger partial charge in [-0.15, -0.1) is 0 Å². The average molecular weight is 264 g/mol. The Morgan fingerprint density at radius 3 is 2.58 bits per heavy atom. The number of methoxy groups -OCH3 is 1. The number of aryl methyl sites for hydroxylation is 2. The predicted molar refractivity (Wildman–Crippen MR) is 78.3 cm³/mol. The highest BCUT2D eigenvalue weighted by atomic mass is 16.5. The lowest BCUT2D eigenvalue weighted by atomic mass is 10.1. The Labute approximate surface area is 115 Å². The summed E-state index contributed by atoms with van der Waals surface area (Å²) >= 11 is 0. The lowest BCUT2D eigenvalue weighted by Crippen LogP contribution is -2.47. The van der Waals surface area contributed by atoms with Gasteiger partial charge in [0.15, 0.2) is 0 Å². The number of hydrogen-bond donors (Lipinski definition) is 1. The molecule has 0 saturated carbocycles. The number of nitrogens with one attached hydrogen (secondary N) is 1. The van der Waals surface area contributed by atoms with Crippen molar-refractivity contribution in [3.05, 3.63) is 23.3 Å². The highest BCUT2D eigenvalue weighted by Gasteiger charge is 2.16. The molecule has 4 heteroatoms. The highest BCUT2D eigenvalue weighted by Crippen LogP contribution is 2.28. The smallest absolute Gasteiger partial charge is 0.124 e. The first-order valence-electron chi connectivity index (χ1n) is 6.79. The predicted octanol–water partition coefficient (Wildman–Crippen LogP) is 1.74. The van der Waals surface area contributed by atoms with Gasteiger partial charge >= 0.3 is 0 Å². The van der Waals surface area contributed by atoms with Gasteiger partial charge in [0.2, 0.25) is 0 Å². The van der Waals surface area contributed by atoms with Crippen LogP contribution in [0.5, 0.6) is 5.75 Å². The molecule has 106 valence electrons. The van der Waals surface area contributed by atoms with E-state index in [1.807, 2.05) is 0 Å². The fourth-order valence-electron chi connectivity index (χ4n) is 2.64. The van der Waals surface area contributed by atoms with Gasteiger partial charge in [-0.1, -0.05) is 0 Å². The molecule has 0 bridgehead atoms. The van der Waals surface area contributed by atoms with Crippen molar-refractivity contribution in [2.75, 3.05) is 45.4 Å². The molecular weight excluding hydrogens is 240 g/mol. The second-order valence-corrected chi connectivity index (χ2v) is 5.22. The fourth-order valence-corrected chi connectivity index (χ4v) is 2.64. The van der Waals surface area contributed by atoms with E-state index in [0.29, 0.717) is 6.04 Å². The van der Waals surface area contributed by atoms with Crippen molar-refractivity contribution in [1.82, 2.24) is 5.32 Å². The summed E-state index contributed by atoms with van der Waals surface area (Å²) in [6, 6.07) is 4.76. The van der Waals surface area contributed by atoms with Crippen molar-refractivity contribution in [3.8, 4) is 5.75 Å². The zero-order valence-corrected chi connectivity index (χ0v) is 12.3. The highest BCUT2D eigenvalue weighted by molar-refractivity contribution is 5.56. The summed E-state index contributed by atoms with van der Waals surface area (Å²) in [6.07, 6.45) is 0. The maximum Gasteiger partial charge on any atom is 0.124 e. The number of nitrogens with zero attached hydrogens (tertiary/aromatic N) is 1. The number of benzene rings is 1. The largest absolute Gasteiger partial charge is 0.496 e. The van der Waals surface area contributed by atoms with E-state index < -0.39 is 0 Å². The Bertz CT molecular complexity index is 405. The van der Waals surface area contributed by atoms with Gasteiger partial charge in [-0.25, -0.2) is 0 Å². The molecule has 1 fully saturated rings. The number of morpholine rings is 1. The molecule has 1 heterocycles. The molecule has 0 amide bonds. The van der Waals surface area contributed by atoms with Gasteiger partial charge in [-0.2, -0.15) is 0 Å². The summed E-state index contributed by atoms with van der Waals surface area (Å²) in [5, 5.41) is 3.48. The summed E-state index contributed by atoms with van der Waals surface area (Å²) in [5.41, 5.74) is 3.58. The van der Waals surface area contributed by atoms with Crippen molar-refractivity contribution in [1.29, 1.82) is 0 Å². The lowest BCUT2D eigenvalue weighted by Gasteiger charge is -2.30. The first-order valence-corrected chi connectivity index (χ1v) is 6.79. The number of likely N-dealkylation sites (N-methyl/N-ethyl adjacent to an activating group) is 1. The summed E-state index contributed by atoms with van der Waals surface area (Å²) in [7, 11) is 3.85. The Kier molecular flexibility index (Phi) is 4.66. The molecule has 2 rings (SSSR count). The quantitative estimate of drug-likeness (QED) is 0.898. The lowest BCUT2D eigenvalue weighted by molar-refractivity contribution is 0.0791. The van der Waals surface area contributed by atoms with Crippen molar-refractivity contribution < 1.29 is 9.47 Å². The van der Waals surface area contributed by atoms with Gasteiger partial charge < -0.3 is 19.7 Å². The van der Waals surface area contributed by atoms with E-state index in [-0.39, 0.29) is 0 Å². The van der Waals surface area contributed by atoms with Crippen LogP contribution in [0.2, 0.25) is 0 Å². The van der Waals surface area contributed by atoms with Crippen LogP contribution < -0.4 is 15.0 Å². The molecule has 1 aromatic carbocycles. The minimum Gasteiger partial charge on any atom is -0.496 e. The summed E-state index contributed by atoms with van der Waals surface area (Å²) < 4.78 is 10.9. The Balaban J connectivity index is 2.08. The van der Waals surface area contributed by atoms with Crippen LogP contribution in [0.4, 0.5) is 5.69 Å². The molecule has 1 aliphatic rings. The third-order valence-electron chi connectivity index (χ3n) is 3.58.